The third-order valence-corrected chi connectivity index (χ3v) is 5.89. The van der Waals surface area contributed by atoms with E-state index in [1.54, 1.807) is 18.2 Å². The SMILES string of the molecule is CC(C)c1ccc(Cl)c(S(=O)(=O)N2CCOC(C(=O)O)C2)c1. The van der Waals surface area contributed by atoms with Crippen LogP contribution in [0.1, 0.15) is 25.3 Å². The fourth-order valence-corrected chi connectivity index (χ4v) is 4.14. The smallest absolute Gasteiger partial charge is 0.334 e. The number of morpholine rings is 1. The van der Waals surface area contributed by atoms with Crippen LogP contribution in [0, 0.1) is 0 Å². The van der Waals surface area contributed by atoms with Crippen LogP contribution in [0.25, 0.3) is 0 Å². The zero-order valence-corrected chi connectivity index (χ0v) is 13.9. The minimum atomic E-state index is -3.86. The lowest BCUT2D eigenvalue weighted by Crippen LogP contribution is -2.48. The van der Waals surface area contributed by atoms with Gasteiger partial charge in [-0.3, -0.25) is 0 Å². The van der Waals surface area contributed by atoms with Gasteiger partial charge in [-0.15, -0.1) is 0 Å². The summed E-state index contributed by atoms with van der Waals surface area (Å²) in [7, 11) is -3.86. The molecule has 0 bridgehead atoms. The summed E-state index contributed by atoms with van der Waals surface area (Å²) in [6, 6.07) is 4.89. The Bertz CT molecular complexity index is 674. The maximum Gasteiger partial charge on any atom is 0.334 e. The van der Waals surface area contributed by atoms with Crippen LogP contribution in [-0.4, -0.2) is 49.6 Å². The van der Waals surface area contributed by atoms with Gasteiger partial charge in [0.2, 0.25) is 10.0 Å². The maximum atomic E-state index is 12.7. The molecule has 1 saturated heterocycles. The molecule has 1 atom stereocenters. The molecule has 0 spiro atoms. The summed E-state index contributed by atoms with van der Waals surface area (Å²) in [6.45, 7) is 3.83. The Balaban J connectivity index is 2.38. The van der Waals surface area contributed by atoms with Gasteiger partial charge < -0.3 is 9.84 Å². The number of nitrogens with zero attached hydrogens (tertiary/aromatic N) is 1. The molecule has 1 heterocycles. The standard InChI is InChI=1S/C14H18ClNO5S/c1-9(2)10-3-4-11(15)13(7-10)22(19,20)16-5-6-21-12(8-16)14(17)18/h3-4,7,9,12H,5-6,8H2,1-2H3,(H,17,18). The number of sulfonamides is 1. The predicted octanol–water partition coefficient (Wildman–Crippen LogP) is 1.94. The number of carbonyl (C=O) groups is 1. The lowest BCUT2D eigenvalue weighted by atomic mass is 10.0. The van der Waals surface area contributed by atoms with E-state index in [1.165, 1.54) is 0 Å². The van der Waals surface area contributed by atoms with E-state index >= 15 is 0 Å². The molecule has 1 aromatic rings. The zero-order chi connectivity index (χ0) is 16.5. The molecule has 1 aromatic carbocycles. The summed E-state index contributed by atoms with van der Waals surface area (Å²) < 4.78 is 31.7. The summed E-state index contributed by atoms with van der Waals surface area (Å²) in [6.07, 6.45) is -1.16. The summed E-state index contributed by atoms with van der Waals surface area (Å²) in [5.74, 6) is -1.02. The highest BCUT2D eigenvalue weighted by molar-refractivity contribution is 7.89. The molecule has 0 aliphatic carbocycles. The summed E-state index contributed by atoms with van der Waals surface area (Å²) >= 11 is 6.05. The van der Waals surface area contributed by atoms with Crippen LogP contribution < -0.4 is 0 Å². The van der Waals surface area contributed by atoms with Crippen molar-refractivity contribution in [3.05, 3.63) is 28.8 Å². The molecule has 6 nitrogen and oxygen atoms in total. The van der Waals surface area contributed by atoms with Gasteiger partial charge >= 0.3 is 5.97 Å². The highest BCUT2D eigenvalue weighted by Gasteiger charge is 2.35. The topological polar surface area (TPSA) is 83.9 Å². The number of carboxylic acid groups (broad SMARTS) is 1. The van der Waals surface area contributed by atoms with Gasteiger partial charge in [-0.25, -0.2) is 13.2 Å². The third-order valence-electron chi connectivity index (χ3n) is 3.54. The van der Waals surface area contributed by atoms with E-state index < -0.39 is 22.1 Å². The van der Waals surface area contributed by atoms with E-state index in [0.29, 0.717) is 0 Å². The second-order valence-electron chi connectivity index (χ2n) is 5.41. The number of hydrogen-bond donors (Lipinski definition) is 1. The van der Waals surface area contributed by atoms with Gasteiger partial charge in [0.1, 0.15) is 4.90 Å². The van der Waals surface area contributed by atoms with Crippen LogP contribution in [0.2, 0.25) is 5.02 Å². The second-order valence-corrected chi connectivity index (χ2v) is 7.72. The number of rotatable bonds is 4. The first-order valence-electron chi connectivity index (χ1n) is 6.87. The minimum absolute atomic E-state index is 0.00593. The summed E-state index contributed by atoms with van der Waals surface area (Å²) in [5.41, 5.74) is 0.853. The summed E-state index contributed by atoms with van der Waals surface area (Å²) in [5, 5.41) is 9.12. The molecule has 22 heavy (non-hydrogen) atoms. The number of hydrogen-bond acceptors (Lipinski definition) is 4. The van der Waals surface area contributed by atoms with Crippen molar-refractivity contribution in [2.24, 2.45) is 0 Å². The van der Waals surface area contributed by atoms with Gasteiger partial charge in [-0.05, 0) is 23.6 Å². The molecule has 1 aliphatic rings. The van der Waals surface area contributed by atoms with Gasteiger partial charge in [0.05, 0.1) is 18.2 Å². The Kier molecular flexibility index (Phi) is 5.11. The van der Waals surface area contributed by atoms with Crippen molar-refractivity contribution >= 4 is 27.6 Å². The molecule has 0 aromatic heterocycles. The van der Waals surface area contributed by atoms with Gasteiger partial charge in [-0.1, -0.05) is 31.5 Å². The van der Waals surface area contributed by atoms with E-state index in [4.69, 9.17) is 21.4 Å². The van der Waals surface area contributed by atoms with Crippen LogP contribution in [0.15, 0.2) is 23.1 Å². The number of aliphatic carboxylic acids is 1. The molecule has 1 fully saturated rings. The first kappa shape index (κ1) is 17.2. The van der Waals surface area contributed by atoms with Gasteiger partial charge in [0.25, 0.3) is 0 Å². The van der Waals surface area contributed by atoms with E-state index in [9.17, 15) is 13.2 Å². The quantitative estimate of drug-likeness (QED) is 0.899. The Morgan fingerprint density at radius 3 is 2.73 bits per heavy atom. The first-order valence-corrected chi connectivity index (χ1v) is 8.69. The highest BCUT2D eigenvalue weighted by Crippen LogP contribution is 2.29. The molecule has 0 radical (unpaired) electrons. The molecule has 1 N–H and O–H groups in total. The van der Waals surface area contributed by atoms with E-state index in [-0.39, 0.29) is 35.5 Å². The lowest BCUT2D eigenvalue weighted by Gasteiger charge is -2.30. The lowest BCUT2D eigenvalue weighted by molar-refractivity contribution is -0.153. The van der Waals surface area contributed by atoms with Crippen molar-refractivity contribution in [3.8, 4) is 0 Å². The van der Waals surface area contributed by atoms with Crippen LogP contribution in [0.5, 0.6) is 0 Å². The van der Waals surface area contributed by atoms with E-state index in [1.807, 2.05) is 13.8 Å². The van der Waals surface area contributed by atoms with Crippen LogP contribution in [0.4, 0.5) is 0 Å². The maximum absolute atomic E-state index is 12.7. The molecular weight excluding hydrogens is 330 g/mol. The largest absolute Gasteiger partial charge is 0.479 e. The molecule has 122 valence electrons. The van der Waals surface area contributed by atoms with Gasteiger partial charge in [0, 0.05) is 6.54 Å². The normalized spacial score (nSPS) is 20.3. The Labute approximate surface area is 134 Å². The Morgan fingerprint density at radius 1 is 1.45 bits per heavy atom. The van der Waals surface area contributed by atoms with Crippen LogP contribution >= 0.6 is 11.6 Å². The highest BCUT2D eigenvalue weighted by atomic mass is 35.5. The fourth-order valence-electron chi connectivity index (χ4n) is 2.21. The van der Waals surface area contributed by atoms with Crippen LogP contribution in [-0.2, 0) is 19.6 Å². The predicted molar refractivity (Wildman–Crippen MR) is 81.7 cm³/mol. The van der Waals surface area contributed by atoms with Crippen molar-refractivity contribution in [1.82, 2.24) is 4.31 Å². The molecular formula is C14H18ClNO5S. The molecule has 0 saturated carbocycles. The molecule has 2 rings (SSSR count). The average molecular weight is 348 g/mol. The van der Waals surface area contributed by atoms with Gasteiger partial charge in [-0.2, -0.15) is 4.31 Å². The minimum Gasteiger partial charge on any atom is -0.479 e. The molecule has 0 amide bonds. The number of halogens is 1. The van der Waals surface area contributed by atoms with Gasteiger partial charge in [0.15, 0.2) is 6.10 Å². The molecule has 1 aliphatic heterocycles. The zero-order valence-electron chi connectivity index (χ0n) is 12.3. The van der Waals surface area contributed by atoms with E-state index in [0.717, 1.165) is 9.87 Å². The van der Waals surface area contributed by atoms with Crippen molar-refractivity contribution in [1.29, 1.82) is 0 Å². The van der Waals surface area contributed by atoms with Crippen molar-refractivity contribution in [3.63, 3.8) is 0 Å². The van der Waals surface area contributed by atoms with Crippen LogP contribution in [0.3, 0.4) is 0 Å². The van der Waals surface area contributed by atoms with E-state index in [2.05, 4.69) is 0 Å². The molecule has 1 unspecified atom stereocenters. The number of ether oxygens (including phenoxy) is 1. The second kappa shape index (κ2) is 6.54. The Hall–Kier alpha value is -1.15. The third kappa shape index (κ3) is 3.43. The Morgan fingerprint density at radius 2 is 2.14 bits per heavy atom. The monoisotopic (exact) mass is 347 g/mol. The molecule has 8 heteroatoms. The van der Waals surface area contributed by atoms with Crippen molar-refractivity contribution in [2.45, 2.75) is 30.8 Å². The number of carboxylic acids is 1. The summed E-state index contributed by atoms with van der Waals surface area (Å²) in [4.78, 5) is 11.0. The number of benzene rings is 1. The fraction of sp³-hybridized carbons (Fsp3) is 0.500. The van der Waals surface area contributed by atoms with Crippen molar-refractivity contribution in [2.75, 3.05) is 19.7 Å². The van der Waals surface area contributed by atoms with Crippen molar-refractivity contribution < 1.29 is 23.1 Å². The first-order chi connectivity index (χ1) is 10.2. The average Bonchev–Trinajstić information content (AvgIpc) is 2.47.